The van der Waals surface area contributed by atoms with Gasteiger partial charge in [-0.3, -0.25) is 4.79 Å². The van der Waals surface area contributed by atoms with E-state index in [0.717, 1.165) is 5.69 Å². The molecule has 1 heterocycles. The highest BCUT2D eigenvalue weighted by Crippen LogP contribution is 2.42. The molecule has 0 aromatic heterocycles. The van der Waals surface area contributed by atoms with Crippen LogP contribution in [0.4, 0.5) is 5.69 Å². The largest absolute Gasteiger partial charge is 0.502 e. The molecular weight excluding hydrogens is 218 g/mol. The van der Waals surface area contributed by atoms with Crippen molar-refractivity contribution < 1.29 is 14.6 Å². The Morgan fingerprint density at radius 1 is 1.53 bits per heavy atom. The summed E-state index contributed by atoms with van der Waals surface area (Å²) in [5.41, 5.74) is -0.229. The minimum Gasteiger partial charge on any atom is -0.502 e. The van der Waals surface area contributed by atoms with Crippen molar-refractivity contribution in [2.24, 2.45) is 0 Å². The first-order valence-electron chi connectivity index (χ1n) is 5.32. The predicted octanol–water partition coefficient (Wildman–Crippen LogP) is 1.40. The molecule has 0 unspecified atom stereocenters. The summed E-state index contributed by atoms with van der Waals surface area (Å²) in [4.78, 5) is 13.6. The van der Waals surface area contributed by atoms with E-state index in [1.54, 1.807) is 25.2 Å². The van der Waals surface area contributed by atoms with Gasteiger partial charge in [0.15, 0.2) is 5.60 Å². The number of carbonyl (C=O) groups excluding carboxylic acids is 1. The number of nitrogens with zero attached hydrogens (tertiary/aromatic N) is 1. The number of methoxy groups -OCH3 is 1. The lowest BCUT2D eigenvalue weighted by molar-refractivity contribution is -0.136. The van der Waals surface area contributed by atoms with Gasteiger partial charge in [-0.2, -0.15) is 0 Å². The number of hydrogen-bond donors (Lipinski definition) is 1. The monoisotopic (exact) mass is 233 g/mol. The van der Waals surface area contributed by atoms with Crippen molar-refractivity contribution in [3.05, 3.63) is 42.2 Å². The first kappa shape index (κ1) is 11.7. The van der Waals surface area contributed by atoms with Crippen LogP contribution >= 0.6 is 0 Å². The van der Waals surface area contributed by atoms with Gasteiger partial charge in [0.1, 0.15) is 0 Å². The lowest BCUT2D eigenvalue weighted by Crippen LogP contribution is -2.38. The molecule has 1 amide bonds. The van der Waals surface area contributed by atoms with Gasteiger partial charge >= 0.3 is 0 Å². The van der Waals surface area contributed by atoms with Crippen LogP contribution < -0.4 is 4.90 Å². The van der Waals surface area contributed by atoms with Gasteiger partial charge in [0.05, 0.1) is 18.6 Å². The molecule has 0 bridgehead atoms. The van der Waals surface area contributed by atoms with E-state index in [0.29, 0.717) is 11.3 Å². The molecule has 0 saturated heterocycles. The topological polar surface area (TPSA) is 49.8 Å². The Morgan fingerprint density at radius 2 is 2.18 bits per heavy atom. The number of likely N-dealkylation sites (N-methyl/N-ethyl adjacent to an activating group) is 1. The van der Waals surface area contributed by atoms with Crippen molar-refractivity contribution in [3.8, 4) is 0 Å². The van der Waals surface area contributed by atoms with Gasteiger partial charge in [-0.15, -0.1) is 0 Å². The predicted molar refractivity (Wildman–Crippen MR) is 64.5 cm³/mol. The highest BCUT2D eigenvalue weighted by atomic mass is 16.5. The number of hydrogen-bond acceptors (Lipinski definition) is 3. The fraction of sp³-hybridized carbons (Fsp3) is 0.308. The zero-order chi connectivity index (χ0) is 12.6. The zero-order valence-corrected chi connectivity index (χ0v) is 9.93. The summed E-state index contributed by atoms with van der Waals surface area (Å²) in [5.74, 6) is 0.0304. The van der Waals surface area contributed by atoms with E-state index < -0.39 is 5.60 Å². The van der Waals surface area contributed by atoms with Gasteiger partial charge in [-0.05, 0) is 6.07 Å². The van der Waals surface area contributed by atoms with Crippen molar-refractivity contribution in [3.63, 3.8) is 0 Å². The maximum absolute atomic E-state index is 12.1. The third-order valence-corrected chi connectivity index (χ3v) is 3.11. The maximum Gasteiger partial charge on any atom is 0.263 e. The Bertz CT molecular complexity index is 483. The Morgan fingerprint density at radius 3 is 2.82 bits per heavy atom. The molecule has 1 N–H and O–H groups in total. The number of benzene rings is 1. The van der Waals surface area contributed by atoms with E-state index in [-0.39, 0.29) is 12.3 Å². The Kier molecular flexibility index (Phi) is 2.67. The molecule has 17 heavy (non-hydrogen) atoms. The summed E-state index contributed by atoms with van der Waals surface area (Å²) in [6.45, 7) is 3.66. The summed E-state index contributed by atoms with van der Waals surface area (Å²) in [7, 11) is 3.12. The highest BCUT2D eigenvalue weighted by molar-refractivity contribution is 6.06. The molecule has 0 radical (unpaired) electrons. The molecule has 0 aliphatic carbocycles. The van der Waals surface area contributed by atoms with Gasteiger partial charge in [0, 0.05) is 19.0 Å². The minimum atomic E-state index is -1.56. The molecular formula is C13H15NO3. The van der Waals surface area contributed by atoms with Crippen LogP contribution in [-0.2, 0) is 15.1 Å². The number of rotatable bonds is 3. The fourth-order valence-electron chi connectivity index (χ4n) is 2.15. The van der Waals surface area contributed by atoms with Gasteiger partial charge in [0.25, 0.3) is 5.91 Å². The van der Waals surface area contributed by atoms with Crippen LogP contribution in [-0.4, -0.2) is 25.2 Å². The summed E-state index contributed by atoms with van der Waals surface area (Å²) < 4.78 is 4.95. The molecule has 0 spiro atoms. The lowest BCUT2D eigenvalue weighted by atomic mass is 9.91. The number of aliphatic hydroxyl groups is 1. The Hall–Kier alpha value is -1.81. The van der Waals surface area contributed by atoms with Gasteiger partial charge in [-0.1, -0.05) is 24.8 Å². The summed E-state index contributed by atoms with van der Waals surface area (Å²) in [5, 5.41) is 10.6. The number of anilines is 1. The van der Waals surface area contributed by atoms with Crippen LogP contribution in [0, 0.1) is 0 Å². The van der Waals surface area contributed by atoms with Crippen molar-refractivity contribution in [2.75, 3.05) is 19.1 Å². The standard InChI is InChI=1S/C13H15NO3/c1-9(17-3)8-13(16)10-6-4-5-7-11(10)14(2)12(13)15/h4-7,16H,1,8H2,2-3H3/t13-/m1/s1. The molecule has 2 rings (SSSR count). The Labute approximate surface area is 100 Å². The van der Waals surface area contributed by atoms with Crippen molar-refractivity contribution in [1.29, 1.82) is 0 Å². The molecule has 0 saturated carbocycles. The number of carbonyl (C=O) groups is 1. The van der Waals surface area contributed by atoms with Crippen LogP contribution in [0.2, 0.25) is 0 Å². The number of fused-ring (bicyclic) bond motifs is 1. The molecule has 4 heteroatoms. The quantitative estimate of drug-likeness (QED) is 0.803. The Balaban J connectivity index is 2.48. The molecule has 1 aliphatic heterocycles. The minimum absolute atomic E-state index is 0.0731. The first-order chi connectivity index (χ1) is 8.00. The van der Waals surface area contributed by atoms with E-state index in [1.807, 2.05) is 6.07 Å². The van der Waals surface area contributed by atoms with Crippen molar-refractivity contribution in [2.45, 2.75) is 12.0 Å². The van der Waals surface area contributed by atoms with Crippen LogP contribution in [0.3, 0.4) is 0 Å². The fourth-order valence-corrected chi connectivity index (χ4v) is 2.15. The van der Waals surface area contributed by atoms with Crippen molar-refractivity contribution in [1.82, 2.24) is 0 Å². The average Bonchev–Trinajstić information content (AvgIpc) is 2.53. The molecule has 0 fully saturated rings. The van der Waals surface area contributed by atoms with E-state index in [4.69, 9.17) is 4.74 Å². The third-order valence-electron chi connectivity index (χ3n) is 3.11. The normalized spacial score (nSPS) is 22.5. The van der Waals surface area contributed by atoms with Crippen LogP contribution in [0.15, 0.2) is 36.6 Å². The van der Waals surface area contributed by atoms with Crippen molar-refractivity contribution >= 4 is 11.6 Å². The number of ether oxygens (including phenoxy) is 1. The molecule has 4 nitrogen and oxygen atoms in total. The second kappa shape index (κ2) is 3.89. The molecule has 1 aromatic carbocycles. The summed E-state index contributed by atoms with van der Waals surface area (Å²) in [6, 6.07) is 7.19. The third kappa shape index (κ3) is 1.61. The smallest absolute Gasteiger partial charge is 0.263 e. The summed E-state index contributed by atoms with van der Waals surface area (Å²) in [6.07, 6.45) is 0.0731. The van der Waals surface area contributed by atoms with E-state index in [9.17, 15) is 9.90 Å². The molecule has 1 aromatic rings. The van der Waals surface area contributed by atoms with Gasteiger partial charge < -0.3 is 14.7 Å². The maximum atomic E-state index is 12.1. The SMILES string of the molecule is C=C(C[C@]1(O)C(=O)N(C)c2ccccc21)OC. The van der Waals surface area contributed by atoms with E-state index in [1.165, 1.54) is 12.0 Å². The van der Waals surface area contributed by atoms with Crippen LogP contribution in [0.5, 0.6) is 0 Å². The van der Waals surface area contributed by atoms with E-state index in [2.05, 4.69) is 6.58 Å². The highest BCUT2D eigenvalue weighted by Gasteiger charge is 2.48. The van der Waals surface area contributed by atoms with E-state index >= 15 is 0 Å². The second-order valence-corrected chi connectivity index (χ2v) is 4.16. The molecule has 90 valence electrons. The first-order valence-corrected chi connectivity index (χ1v) is 5.32. The van der Waals surface area contributed by atoms with Gasteiger partial charge in [0.2, 0.25) is 0 Å². The summed E-state index contributed by atoms with van der Waals surface area (Å²) >= 11 is 0. The molecule has 1 aliphatic rings. The zero-order valence-electron chi connectivity index (χ0n) is 9.93. The number of amides is 1. The lowest BCUT2D eigenvalue weighted by Gasteiger charge is -2.22. The molecule has 1 atom stereocenters. The number of para-hydroxylation sites is 1. The average molecular weight is 233 g/mol. The van der Waals surface area contributed by atoms with Crippen LogP contribution in [0.25, 0.3) is 0 Å². The van der Waals surface area contributed by atoms with Gasteiger partial charge in [-0.25, -0.2) is 0 Å². The van der Waals surface area contributed by atoms with Crippen LogP contribution in [0.1, 0.15) is 12.0 Å². The second-order valence-electron chi connectivity index (χ2n) is 4.16.